The number of ether oxygens (including phenoxy) is 2. The van der Waals surface area contributed by atoms with Crippen molar-refractivity contribution in [3.05, 3.63) is 71.8 Å². The van der Waals surface area contributed by atoms with Crippen molar-refractivity contribution in [2.24, 2.45) is 17.8 Å². The van der Waals surface area contributed by atoms with Crippen LogP contribution < -0.4 is 10.6 Å². The van der Waals surface area contributed by atoms with Gasteiger partial charge in [-0.1, -0.05) is 67.6 Å². The second kappa shape index (κ2) is 15.2. The van der Waals surface area contributed by atoms with Gasteiger partial charge in [-0.2, -0.15) is 0 Å². The Labute approximate surface area is 250 Å². The summed E-state index contributed by atoms with van der Waals surface area (Å²) < 4.78 is 11.3. The number of hydrogen-bond acceptors (Lipinski definition) is 6. The SMILES string of the molecule is C[C@H](NC(=O)OC(C)(C)C)C(=O)N[C@@H](C)N1CCC([C@@H](C)COCc2ccccc2)C(O)C(Cc2ccccc2)C1=O. The van der Waals surface area contributed by atoms with Crippen LogP contribution in [0.2, 0.25) is 0 Å². The third kappa shape index (κ3) is 9.84. The zero-order valence-electron chi connectivity index (χ0n) is 25.7. The predicted molar refractivity (Wildman–Crippen MR) is 161 cm³/mol. The molecule has 3 amide bonds. The van der Waals surface area contributed by atoms with Crippen molar-refractivity contribution in [1.29, 1.82) is 0 Å². The standard InChI is InChI=1S/C33H47N3O6/c1-22(20-41-21-26-15-11-8-12-16-26)27-17-18-36(31(39)28(29(27)37)19-25-13-9-7-10-14-25)24(3)35-30(38)23(2)34-32(40)42-33(4,5)6/h7-16,22-24,27-29,37H,17-21H2,1-6H3,(H,34,40)(H,35,38)/t22-,23-,24+,27?,28?,29?/m0/s1. The van der Waals surface area contributed by atoms with E-state index < -0.39 is 41.8 Å². The van der Waals surface area contributed by atoms with Crippen molar-refractivity contribution in [3.8, 4) is 0 Å². The summed E-state index contributed by atoms with van der Waals surface area (Å²) in [5, 5.41) is 17.0. The zero-order valence-corrected chi connectivity index (χ0v) is 25.7. The molecule has 6 atom stereocenters. The Balaban J connectivity index is 1.71. The molecule has 9 heteroatoms. The lowest BCUT2D eigenvalue weighted by atomic mass is 9.79. The number of alkyl carbamates (subject to hydrolysis) is 1. The van der Waals surface area contributed by atoms with E-state index in [-0.39, 0.29) is 17.7 Å². The molecule has 1 aliphatic heterocycles. The van der Waals surface area contributed by atoms with E-state index in [1.807, 2.05) is 67.6 Å². The molecule has 0 aliphatic carbocycles. The molecule has 1 heterocycles. The zero-order chi connectivity index (χ0) is 30.9. The highest BCUT2D eigenvalue weighted by molar-refractivity contribution is 5.86. The lowest BCUT2D eigenvalue weighted by molar-refractivity contribution is -0.142. The number of nitrogens with zero attached hydrogens (tertiary/aromatic N) is 1. The fourth-order valence-corrected chi connectivity index (χ4v) is 5.33. The average Bonchev–Trinajstić information content (AvgIpc) is 3.04. The fraction of sp³-hybridized carbons (Fsp3) is 0.545. The summed E-state index contributed by atoms with van der Waals surface area (Å²) >= 11 is 0. The van der Waals surface area contributed by atoms with Crippen molar-refractivity contribution >= 4 is 17.9 Å². The summed E-state index contributed by atoms with van der Waals surface area (Å²) in [5.74, 6) is -1.53. The van der Waals surface area contributed by atoms with Gasteiger partial charge in [-0.15, -0.1) is 0 Å². The Bertz CT molecular complexity index is 1150. The lowest BCUT2D eigenvalue weighted by Crippen LogP contribution is -2.55. The highest BCUT2D eigenvalue weighted by atomic mass is 16.6. The van der Waals surface area contributed by atoms with Crippen LogP contribution in [0.5, 0.6) is 0 Å². The van der Waals surface area contributed by atoms with Crippen LogP contribution in [0.4, 0.5) is 4.79 Å². The summed E-state index contributed by atoms with van der Waals surface area (Å²) in [5.41, 5.74) is 1.34. The van der Waals surface area contributed by atoms with E-state index in [4.69, 9.17) is 9.47 Å². The molecule has 1 aliphatic rings. The largest absolute Gasteiger partial charge is 0.444 e. The lowest BCUT2D eigenvalue weighted by Gasteiger charge is -2.32. The summed E-state index contributed by atoms with van der Waals surface area (Å²) in [6.45, 7) is 11.9. The molecule has 1 fully saturated rings. The van der Waals surface area contributed by atoms with Gasteiger partial charge >= 0.3 is 6.09 Å². The number of hydrogen-bond donors (Lipinski definition) is 3. The first-order valence-corrected chi connectivity index (χ1v) is 14.8. The quantitative estimate of drug-likeness (QED) is 0.365. The second-order valence-corrected chi connectivity index (χ2v) is 12.3. The molecule has 3 rings (SSSR count). The number of carbonyl (C=O) groups excluding carboxylic acids is 3. The van der Waals surface area contributed by atoms with Gasteiger partial charge in [0.05, 0.1) is 18.6 Å². The normalized spacial score (nSPS) is 21.5. The average molecular weight is 582 g/mol. The first-order valence-electron chi connectivity index (χ1n) is 14.8. The Hall–Kier alpha value is -3.43. The summed E-state index contributed by atoms with van der Waals surface area (Å²) in [7, 11) is 0. The van der Waals surface area contributed by atoms with Crippen LogP contribution in [0, 0.1) is 17.8 Å². The molecular formula is C33H47N3O6. The highest BCUT2D eigenvalue weighted by Crippen LogP contribution is 2.32. The number of aliphatic hydroxyl groups is 1. The minimum Gasteiger partial charge on any atom is -0.444 e. The molecule has 2 aromatic carbocycles. The summed E-state index contributed by atoms with van der Waals surface area (Å²) in [6, 6.07) is 18.7. The van der Waals surface area contributed by atoms with Crippen molar-refractivity contribution in [2.75, 3.05) is 13.2 Å². The molecule has 42 heavy (non-hydrogen) atoms. The van der Waals surface area contributed by atoms with E-state index in [1.54, 1.807) is 39.5 Å². The van der Waals surface area contributed by atoms with Gasteiger partial charge in [0.15, 0.2) is 0 Å². The number of carbonyl (C=O) groups is 3. The van der Waals surface area contributed by atoms with E-state index in [0.717, 1.165) is 11.1 Å². The summed E-state index contributed by atoms with van der Waals surface area (Å²) in [6.07, 6.45) is -1.29. The van der Waals surface area contributed by atoms with Gasteiger partial charge in [0, 0.05) is 13.2 Å². The molecule has 230 valence electrons. The third-order valence-electron chi connectivity index (χ3n) is 7.62. The van der Waals surface area contributed by atoms with Crippen molar-refractivity contribution in [1.82, 2.24) is 15.5 Å². The minimum atomic E-state index is -0.881. The minimum absolute atomic E-state index is 0.00214. The summed E-state index contributed by atoms with van der Waals surface area (Å²) in [4.78, 5) is 40.7. The van der Waals surface area contributed by atoms with E-state index >= 15 is 0 Å². The third-order valence-corrected chi connectivity index (χ3v) is 7.62. The Kier molecular flexibility index (Phi) is 11.9. The van der Waals surface area contributed by atoms with Crippen LogP contribution in [0.1, 0.15) is 59.1 Å². The van der Waals surface area contributed by atoms with Gasteiger partial charge in [-0.3, -0.25) is 9.59 Å². The van der Waals surface area contributed by atoms with Crippen LogP contribution in [-0.4, -0.2) is 65.0 Å². The van der Waals surface area contributed by atoms with E-state index in [9.17, 15) is 19.5 Å². The molecule has 0 aromatic heterocycles. The topological polar surface area (TPSA) is 117 Å². The maximum Gasteiger partial charge on any atom is 0.408 e. The number of amides is 3. The van der Waals surface area contributed by atoms with Gasteiger partial charge in [0.25, 0.3) is 0 Å². The molecule has 0 saturated carbocycles. The Morgan fingerprint density at radius 2 is 1.57 bits per heavy atom. The van der Waals surface area contributed by atoms with Gasteiger partial charge in [-0.25, -0.2) is 4.79 Å². The number of nitrogens with one attached hydrogen (secondary N) is 2. The smallest absolute Gasteiger partial charge is 0.408 e. The molecule has 0 spiro atoms. The van der Waals surface area contributed by atoms with E-state index in [1.165, 1.54) is 0 Å². The number of likely N-dealkylation sites (tertiary alicyclic amines) is 1. The predicted octanol–water partition coefficient (Wildman–Crippen LogP) is 4.28. The number of benzene rings is 2. The fourth-order valence-electron chi connectivity index (χ4n) is 5.33. The Morgan fingerprint density at radius 3 is 2.17 bits per heavy atom. The van der Waals surface area contributed by atoms with E-state index in [2.05, 4.69) is 10.6 Å². The van der Waals surface area contributed by atoms with Gasteiger partial charge in [0.2, 0.25) is 11.8 Å². The first kappa shape index (κ1) is 33.1. The van der Waals surface area contributed by atoms with Crippen LogP contribution in [0.25, 0.3) is 0 Å². The van der Waals surface area contributed by atoms with Crippen LogP contribution in [0.15, 0.2) is 60.7 Å². The van der Waals surface area contributed by atoms with Gasteiger partial charge < -0.3 is 30.1 Å². The Morgan fingerprint density at radius 1 is 0.976 bits per heavy atom. The van der Waals surface area contributed by atoms with Crippen molar-refractivity contribution < 1.29 is 29.0 Å². The number of aliphatic hydroxyl groups excluding tert-OH is 1. The van der Waals surface area contributed by atoms with Crippen LogP contribution in [-0.2, 0) is 32.1 Å². The van der Waals surface area contributed by atoms with Crippen molar-refractivity contribution in [2.45, 2.75) is 84.9 Å². The van der Waals surface area contributed by atoms with Gasteiger partial charge in [0.1, 0.15) is 17.8 Å². The maximum atomic E-state index is 13.9. The highest BCUT2D eigenvalue weighted by Gasteiger charge is 2.42. The molecular weight excluding hydrogens is 534 g/mol. The second-order valence-electron chi connectivity index (χ2n) is 12.3. The molecule has 1 saturated heterocycles. The maximum absolute atomic E-state index is 13.9. The van der Waals surface area contributed by atoms with Crippen LogP contribution in [0.3, 0.4) is 0 Å². The monoisotopic (exact) mass is 581 g/mol. The van der Waals surface area contributed by atoms with Gasteiger partial charge in [-0.05, 0) is 70.4 Å². The van der Waals surface area contributed by atoms with Crippen molar-refractivity contribution in [3.63, 3.8) is 0 Å². The molecule has 9 nitrogen and oxygen atoms in total. The van der Waals surface area contributed by atoms with Crippen LogP contribution >= 0.6 is 0 Å². The molecule has 0 bridgehead atoms. The molecule has 3 unspecified atom stereocenters. The molecule has 2 aromatic rings. The first-order chi connectivity index (χ1) is 19.9. The molecule has 0 radical (unpaired) electrons. The molecule has 3 N–H and O–H groups in total. The number of rotatable bonds is 11. The van der Waals surface area contributed by atoms with E-state index in [0.29, 0.717) is 32.6 Å².